The molecule has 0 spiro atoms. The number of aromatic nitrogens is 3. The zero-order chi connectivity index (χ0) is 14.0. The van der Waals surface area contributed by atoms with Crippen LogP contribution in [0.15, 0.2) is 26.3 Å². The van der Waals surface area contributed by atoms with Gasteiger partial charge in [-0.15, -0.1) is 0 Å². The second-order valence-corrected chi connectivity index (χ2v) is 4.82. The molecule has 1 atom stereocenters. The minimum atomic E-state index is -0.501. The molecule has 0 radical (unpaired) electrons. The van der Waals surface area contributed by atoms with Crippen LogP contribution in [0.4, 0.5) is 0 Å². The molecule has 2 N–H and O–H groups in total. The Morgan fingerprint density at radius 1 is 1.58 bits per heavy atom. The van der Waals surface area contributed by atoms with E-state index in [0.29, 0.717) is 16.0 Å². The van der Waals surface area contributed by atoms with Crippen molar-refractivity contribution < 1.29 is 9.32 Å². The molecular weight excluding hydrogens is 316 g/mol. The van der Waals surface area contributed by atoms with Crippen LogP contribution in [0.25, 0.3) is 0 Å². The van der Waals surface area contributed by atoms with Gasteiger partial charge in [-0.2, -0.15) is 4.98 Å². The van der Waals surface area contributed by atoms with Crippen LogP contribution in [0, 0.1) is 6.92 Å². The Morgan fingerprint density at radius 3 is 2.95 bits per heavy atom. The van der Waals surface area contributed by atoms with E-state index in [9.17, 15) is 9.59 Å². The summed E-state index contributed by atoms with van der Waals surface area (Å²) >= 11 is 3.26. The topological polar surface area (TPSA) is 101 Å². The third-order valence-corrected chi connectivity index (χ3v) is 3.36. The van der Waals surface area contributed by atoms with Crippen LogP contribution < -0.4 is 10.9 Å². The minimum absolute atomic E-state index is 0.0211. The van der Waals surface area contributed by atoms with Crippen LogP contribution >= 0.6 is 15.9 Å². The smallest absolute Gasteiger partial charge is 0.261 e. The van der Waals surface area contributed by atoms with Gasteiger partial charge in [-0.1, -0.05) is 5.16 Å². The number of hydrogen-bond donors (Lipinski definition) is 2. The van der Waals surface area contributed by atoms with Gasteiger partial charge < -0.3 is 14.8 Å². The van der Waals surface area contributed by atoms with Gasteiger partial charge in [-0.25, -0.2) is 0 Å². The summed E-state index contributed by atoms with van der Waals surface area (Å²) in [5, 5.41) is 6.24. The maximum atomic E-state index is 12.0. The highest BCUT2D eigenvalue weighted by Crippen LogP contribution is 2.13. The summed E-state index contributed by atoms with van der Waals surface area (Å²) in [4.78, 5) is 30.1. The van der Waals surface area contributed by atoms with Gasteiger partial charge in [0.2, 0.25) is 6.39 Å². The average molecular weight is 327 g/mol. The molecule has 2 heterocycles. The monoisotopic (exact) mass is 326 g/mol. The van der Waals surface area contributed by atoms with Gasteiger partial charge in [0.25, 0.3) is 11.5 Å². The van der Waals surface area contributed by atoms with E-state index < -0.39 is 17.5 Å². The number of carbonyl (C=O) groups is 1. The summed E-state index contributed by atoms with van der Waals surface area (Å²) in [5.41, 5.74) is 0.235. The van der Waals surface area contributed by atoms with E-state index in [1.54, 1.807) is 13.8 Å². The lowest BCUT2D eigenvalue weighted by atomic mass is 10.2. The molecule has 2 rings (SSSR count). The largest absolute Gasteiger partial charge is 0.343 e. The van der Waals surface area contributed by atoms with Crippen LogP contribution in [0.5, 0.6) is 0 Å². The third kappa shape index (κ3) is 2.90. The predicted octanol–water partition coefficient (Wildman–Crippen LogP) is 1.32. The first-order valence-corrected chi connectivity index (χ1v) is 6.25. The van der Waals surface area contributed by atoms with Crippen LogP contribution in [0.1, 0.15) is 34.8 Å². The Balaban J connectivity index is 2.21. The van der Waals surface area contributed by atoms with Gasteiger partial charge in [0, 0.05) is 10.2 Å². The zero-order valence-corrected chi connectivity index (χ0v) is 11.8. The van der Waals surface area contributed by atoms with E-state index in [1.165, 1.54) is 12.5 Å². The van der Waals surface area contributed by atoms with Crippen LogP contribution in [0.2, 0.25) is 0 Å². The lowest BCUT2D eigenvalue weighted by Gasteiger charge is -2.10. The van der Waals surface area contributed by atoms with Crippen molar-refractivity contribution in [2.75, 3.05) is 0 Å². The molecule has 19 heavy (non-hydrogen) atoms. The van der Waals surface area contributed by atoms with Crippen molar-refractivity contribution in [1.29, 1.82) is 0 Å². The van der Waals surface area contributed by atoms with Crippen molar-refractivity contribution in [2.45, 2.75) is 19.9 Å². The van der Waals surface area contributed by atoms with Crippen molar-refractivity contribution in [2.24, 2.45) is 0 Å². The molecule has 0 bridgehead atoms. The number of aryl methyl sites for hydroxylation is 1. The molecular formula is C11H11BrN4O3. The first-order valence-electron chi connectivity index (χ1n) is 5.45. The Morgan fingerprint density at radius 2 is 2.32 bits per heavy atom. The molecule has 0 unspecified atom stereocenters. The van der Waals surface area contributed by atoms with Crippen molar-refractivity contribution >= 4 is 21.8 Å². The molecule has 0 saturated carbocycles. The highest BCUT2D eigenvalue weighted by molar-refractivity contribution is 9.10. The van der Waals surface area contributed by atoms with Crippen molar-refractivity contribution in [3.05, 3.63) is 44.4 Å². The SMILES string of the molecule is Cc1[nH]c(=O)c(C(=O)N[C@@H](C)c2ncon2)cc1Br. The fraction of sp³-hybridized carbons (Fsp3) is 0.273. The molecule has 0 aliphatic heterocycles. The number of carbonyl (C=O) groups excluding carboxylic acids is 1. The quantitative estimate of drug-likeness (QED) is 0.885. The fourth-order valence-electron chi connectivity index (χ4n) is 1.48. The lowest BCUT2D eigenvalue weighted by molar-refractivity contribution is 0.0936. The van der Waals surface area contributed by atoms with Crippen molar-refractivity contribution in [3.8, 4) is 0 Å². The first kappa shape index (κ1) is 13.5. The number of rotatable bonds is 3. The zero-order valence-electron chi connectivity index (χ0n) is 10.2. The Hall–Kier alpha value is -1.96. The third-order valence-electron chi connectivity index (χ3n) is 2.53. The van der Waals surface area contributed by atoms with E-state index in [0.717, 1.165) is 0 Å². The van der Waals surface area contributed by atoms with Crippen molar-refractivity contribution in [1.82, 2.24) is 20.4 Å². The van der Waals surface area contributed by atoms with Gasteiger partial charge in [0.1, 0.15) is 5.56 Å². The molecule has 2 aromatic heterocycles. The first-order chi connectivity index (χ1) is 8.99. The fourth-order valence-corrected chi connectivity index (χ4v) is 1.80. The molecule has 100 valence electrons. The maximum Gasteiger partial charge on any atom is 0.261 e. The highest BCUT2D eigenvalue weighted by atomic mass is 79.9. The predicted molar refractivity (Wildman–Crippen MR) is 69.7 cm³/mol. The minimum Gasteiger partial charge on any atom is -0.343 e. The summed E-state index contributed by atoms with van der Waals surface area (Å²) in [7, 11) is 0. The number of pyridine rings is 1. The van der Waals surface area contributed by atoms with Crippen LogP contribution in [0.3, 0.4) is 0 Å². The number of halogens is 1. The average Bonchev–Trinajstić information content (AvgIpc) is 2.87. The molecule has 0 aliphatic carbocycles. The van der Waals surface area contributed by atoms with Gasteiger partial charge >= 0.3 is 0 Å². The normalized spacial score (nSPS) is 12.2. The number of aromatic amines is 1. The van der Waals surface area contributed by atoms with E-state index in [2.05, 4.69) is 40.9 Å². The molecule has 1 amide bonds. The van der Waals surface area contributed by atoms with E-state index >= 15 is 0 Å². The molecule has 0 saturated heterocycles. The van der Waals surface area contributed by atoms with Crippen LogP contribution in [-0.2, 0) is 0 Å². The van der Waals surface area contributed by atoms with Gasteiger partial charge in [-0.05, 0) is 35.8 Å². The molecule has 0 aromatic carbocycles. The summed E-state index contributed by atoms with van der Waals surface area (Å²) in [6.07, 6.45) is 1.17. The molecule has 7 nitrogen and oxygen atoms in total. The van der Waals surface area contributed by atoms with Gasteiger partial charge in [0.15, 0.2) is 5.82 Å². The second-order valence-electron chi connectivity index (χ2n) is 3.97. The molecule has 0 aliphatic rings. The van der Waals surface area contributed by atoms with Crippen LogP contribution in [-0.4, -0.2) is 21.0 Å². The number of hydrogen-bond acceptors (Lipinski definition) is 5. The Labute approximate surface area is 116 Å². The van der Waals surface area contributed by atoms with E-state index in [4.69, 9.17) is 0 Å². The lowest BCUT2D eigenvalue weighted by Crippen LogP contribution is -2.32. The van der Waals surface area contributed by atoms with Gasteiger partial charge in [-0.3, -0.25) is 9.59 Å². The van der Waals surface area contributed by atoms with Gasteiger partial charge in [0.05, 0.1) is 6.04 Å². The Bertz CT molecular complexity index is 650. The highest BCUT2D eigenvalue weighted by Gasteiger charge is 2.17. The summed E-state index contributed by atoms with van der Waals surface area (Å²) in [5.74, 6) is -0.157. The number of H-pyrrole nitrogens is 1. The van der Waals surface area contributed by atoms with E-state index in [1.807, 2.05) is 0 Å². The molecule has 0 fully saturated rings. The summed E-state index contributed by atoms with van der Waals surface area (Å²) in [6.45, 7) is 3.43. The number of nitrogens with one attached hydrogen (secondary N) is 2. The standard InChI is InChI=1S/C11H11BrN4O3/c1-5-8(12)3-7(10(17)14-5)11(18)15-6(2)9-13-4-19-16-9/h3-4,6H,1-2H3,(H,14,17)(H,15,18)/t6-/m0/s1. The Kier molecular flexibility index (Phi) is 3.79. The van der Waals surface area contributed by atoms with Crippen molar-refractivity contribution in [3.63, 3.8) is 0 Å². The summed E-state index contributed by atoms with van der Waals surface area (Å²) in [6, 6.07) is 1.03. The number of amides is 1. The number of nitrogens with zero attached hydrogens (tertiary/aromatic N) is 2. The molecule has 2 aromatic rings. The summed E-state index contributed by atoms with van der Waals surface area (Å²) < 4.78 is 5.25. The second kappa shape index (κ2) is 5.35. The molecule has 8 heteroatoms. The van der Waals surface area contributed by atoms with E-state index in [-0.39, 0.29) is 5.56 Å². The maximum absolute atomic E-state index is 12.0.